The van der Waals surface area contributed by atoms with Crippen molar-refractivity contribution >= 4 is 21.4 Å². The van der Waals surface area contributed by atoms with Crippen molar-refractivity contribution in [1.29, 1.82) is 0 Å². The SMILES string of the molecule is Cc1csc(CO)c1S(=O)(=O)NC1CCCOC1. The van der Waals surface area contributed by atoms with Crippen molar-refractivity contribution in [2.24, 2.45) is 0 Å². The first-order valence-corrected chi connectivity index (χ1v) is 8.19. The van der Waals surface area contributed by atoms with Gasteiger partial charge in [0.1, 0.15) is 4.90 Å². The van der Waals surface area contributed by atoms with Gasteiger partial charge in [-0.05, 0) is 30.7 Å². The number of hydrogen-bond acceptors (Lipinski definition) is 5. The number of nitrogens with one attached hydrogen (secondary N) is 1. The minimum atomic E-state index is -3.57. The van der Waals surface area contributed by atoms with Gasteiger partial charge >= 0.3 is 0 Å². The van der Waals surface area contributed by atoms with Crippen molar-refractivity contribution in [2.75, 3.05) is 13.2 Å². The fraction of sp³-hybridized carbons (Fsp3) is 0.636. The average molecular weight is 291 g/mol. The van der Waals surface area contributed by atoms with E-state index in [1.54, 1.807) is 12.3 Å². The zero-order chi connectivity index (χ0) is 13.2. The summed E-state index contributed by atoms with van der Waals surface area (Å²) in [5.74, 6) is 0. The predicted molar refractivity (Wildman–Crippen MR) is 69.1 cm³/mol. The predicted octanol–water partition coefficient (Wildman–Crippen LogP) is 1.01. The van der Waals surface area contributed by atoms with Gasteiger partial charge in [0, 0.05) is 12.6 Å². The molecule has 1 aliphatic heterocycles. The van der Waals surface area contributed by atoms with E-state index in [1.807, 2.05) is 0 Å². The third-order valence-corrected chi connectivity index (χ3v) is 5.85. The third kappa shape index (κ3) is 2.92. The second kappa shape index (κ2) is 5.66. The smallest absolute Gasteiger partial charge is 0.242 e. The molecule has 5 nitrogen and oxygen atoms in total. The molecule has 7 heteroatoms. The minimum Gasteiger partial charge on any atom is -0.391 e. The van der Waals surface area contributed by atoms with Crippen LogP contribution in [0, 0.1) is 6.92 Å². The fourth-order valence-corrected chi connectivity index (χ4v) is 4.99. The van der Waals surface area contributed by atoms with Crippen LogP contribution in [0.1, 0.15) is 23.3 Å². The Morgan fingerprint density at radius 3 is 3.00 bits per heavy atom. The summed E-state index contributed by atoms with van der Waals surface area (Å²) in [5.41, 5.74) is 0.674. The maximum atomic E-state index is 12.3. The van der Waals surface area contributed by atoms with Crippen molar-refractivity contribution in [3.05, 3.63) is 15.8 Å². The van der Waals surface area contributed by atoms with E-state index < -0.39 is 10.0 Å². The molecule has 2 rings (SSSR count). The molecule has 2 N–H and O–H groups in total. The van der Waals surface area contributed by atoms with E-state index in [4.69, 9.17) is 4.74 Å². The van der Waals surface area contributed by atoms with Crippen LogP contribution in [0.2, 0.25) is 0 Å². The zero-order valence-corrected chi connectivity index (χ0v) is 11.8. The van der Waals surface area contributed by atoms with E-state index in [-0.39, 0.29) is 17.5 Å². The summed E-state index contributed by atoms with van der Waals surface area (Å²) in [7, 11) is -3.57. The van der Waals surface area contributed by atoms with Crippen LogP contribution in [0.4, 0.5) is 0 Å². The summed E-state index contributed by atoms with van der Waals surface area (Å²) < 4.78 is 32.5. The van der Waals surface area contributed by atoms with Crippen LogP contribution < -0.4 is 4.72 Å². The molecule has 102 valence electrons. The normalized spacial score (nSPS) is 21.1. The number of hydrogen-bond donors (Lipinski definition) is 2. The Balaban J connectivity index is 2.21. The number of aryl methyl sites for hydroxylation is 1. The standard InChI is InChI=1S/C11H17NO4S2/c1-8-7-17-10(5-13)11(8)18(14,15)12-9-3-2-4-16-6-9/h7,9,12-13H,2-6H2,1H3. The van der Waals surface area contributed by atoms with Gasteiger partial charge in [0.05, 0.1) is 18.1 Å². The van der Waals surface area contributed by atoms with Crippen LogP contribution in [-0.4, -0.2) is 32.8 Å². The molecule has 1 aromatic rings. The Morgan fingerprint density at radius 2 is 2.39 bits per heavy atom. The molecular weight excluding hydrogens is 274 g/mol. The minimum absolute atomic E-state index is 0.172. The van der Waals surface area contributed by atoms with Gasteiger partial charge < -0.3 is 9.84 Å². The molecule has 0 radical (unpaired) electrons. The van der Waals surface area contributed by atoms with Gasteiger partial charge in [-0.15, -0.1) is 11.3 Å². The maximum absolute atomic E-state index is 12.3. The topological polar surface area (TPSA) is 75.6 Å². The Kier molecular flexibility index (Phi) is 4.39. The highest BCUT2D eigenvalue weighted by atomic mass is 32.2. The van der Waals surface area contributed by atoms with Gasteiger partial charge in [0.15, 0.2) is 0 Å². The highest BCUT2D eigenvalue weighted by Gasteiger charge is 2.26. The van der Waals surface area contributed by atoms with Gasteiger partial charge in [-0.25, -0.2) is 13.1 Å². The number of aliphatic hydroxyl groups is 1. The Labute approximate surface area is 111 Å². The van der Waals surface area contributed by atoms with Gasteiger partial charge in [0.2, 0.25) is 10.0 Å². The van der Waals surface area contributed by atoms with Gasteiger partial charge in [-0.1, -0.05) is 0 Å². The van der Waals surface area contributed by atoms with Crippen LogP contribution >= 0.6 is 11.3 Å². The lowest BCUT2D eigenvalue weighted by Gasteiger charge is -2.23. The monoisotopic (exact) mass is 291 g/mol. The van der Waals surface area contributed by atoms with Crippen LogP contribution in [0.15, 0.2) is 10.3 Å². The molecule has 0 aliphatic carbocycles. The van der Waals surface area contributed by atoms with Crippen LogP contribution in [-0.2, 0) is 21.4 Å². The van der Waals surface area contributed by atoms with E-state index >= 15 is 0 Å². The van der Waals surface area contributed by atoms with Gasteiger partial charge in [0.25, 0.3) is 0 Å². The molecular formula is C11H17NO4S2. The van der Waals surface area contributed by atoms with Crippen molar-refractivity contribution in [1.82, 2.24) is 4.72 Å². The maximum Gasteiger partial charge on any atom is 0.242 e. The van der Waals surface area contributed by atoms with E-state index in [1.165, 1.54) is 11.3 Å². The number of sulfonamides is 1. The molecule has 0 amide bonds. The Morgan fingerprint density at radius 1 is 1.61 bits per heavy atom. The quantitative estimate of drug-likeness (QED) is 0.868. The average Bonchev–Trinajstić information content (AvgIpc) is 2.72. The molecule has 1 atom stereocenters. The molecule has 18 heavy (non-hydrogen) atoms. The molecule has 1 aromatic heterocycles. The van der Waals surface area contributed by atoms with E-state index in [2.05, 4.69) is 4.72 Å². The molecule has 0 spiro atoms. The molecule has 1 fully saturated rings. The molecule has 1 aliphatic rings. The fourth-order valence-electron chi connectivity index (χ4n) is 2.07. The van der Waals surface area contributed by atoms with Crippen LogP contribution in [0.25, 0.3) is 0 Å². The summed E-state index contributed by atoms with van der Waals surface area (Å²) in [6, 6.07) is -0.172. The lowest BCUT2D eigenvalue weighted by Crippen LogP contribution is -2.40. The van der Waals surface area contributed by atoms with E-state index in [9.17, 15) is 13.5 Å². The van der Waals surface area contributed by atoms with Crippen LogP contribution in [0.3, 0.4) is 0 Å². The summed E-state index contributed by atoms with van der Waals surface area (Å²) in [4.78, 5) is 0.706. The van der Waals surface area contributed by atoms with Crippen molar-refractivity contribution < 1.29 is 18.3 Å². The first kappa shape index (κ1) is 14.0. The molecule has 0 saturated carbocycles. The highest BCUT2D eigenvalue weighted by molar-refractivity contribution is 7.89. The second-order valence-electron chi connectivity index (χ2n) is 4.36. The number of thiophene rings is 1. The highest BCUT2D eigenvalue weighted by Crippen LogP contribution is 2.27. The Hall–Kier alpha value is -0.470. The first-order valence-electron chi connectivity index (χ1n) is 5.82. The Bertz CT molecular complexity index is 503. The van der Waals surface area contributed by atoms with Crippen molar-refractivity contribution in [2.45, 2.75) is 37.3 Å². The van der Waals surface area contributed by atoms with E-state index in [0.717, 1.165) is 12.8 Å². The second-order valence-corrected chi connectivity index (χ2v) is 6.98. The van der Waals surface area contributed by atoms with E-state index in [0.29, 0.717) is 23.7 Å². The molecule has 0 bridgehead atoms. The summed E-state index contributed by atoms with van der Waals surface area (Å²) in [6.07, 6.45) is 1.65. The van der Waals surface area contributed by atoms with Crippen molar-refractivity contribution in [3.8, 4) is 0 Å². The molecule has 1 unspecified atom stereocenters. The molecule has 1 saturated heterocycles. The molecule has 0 aromatic carbocycles. The summed E-state index contributed by atoms with van der Waals surface area (Å²) in [6.45, 7) is 2.59. The van der Waals surface area contributed by atoms with Crippen LogP contribution in [0.5, 0.6) is 0 Å². The number of aliphatic hydroxyl groups excluding tert-OH is 1. The van der Waals surface area contributed by atoms with Crippen molar-refractivity contribution in [3.63, 3.8) is 0 Å². The lowest BCUT2D eigenvalue weighted by atomic mass is 10.1. The zero-order valence-electron chi connectivity index (χ0n) is 10.2. The first-order chi connectivity index (χ1) is 8.54. The largest absolute Gasteiger partial charge is 0.391 e. The number of rotatable bonds is 4. The van der Waals surface area contributed by atoms with Gasteiger partial charge in [-0.3, -0.25) is 0 Å². The summed E-state index contributed by atoms with van der Waals surface area (Å²) >= 11 is 1.26. The molecule has 2 heterocycles. The summed E-state index contributed by atoms with van der Waals surface area (Å²) in [5, 5.41) is 10.9. The number of ether oxygens (including phenoxy) is 1. The lowest BCUT2D eigenvalue weighted by molar-refractivity contribution is 0.0774. The third-order valence-electron chi connectivity index (χ3n) is 2.88. The van der Waals surface area contributed by atoms with Gasteiger partial charge in [-0.2, -0.15) is 0 Å².